The minimum absolute atomic E-state index is 0.243. The van der Waals surface area contributed by atoms with Crippen molar-refractivity contribution in [2.75, 3.05) is 11.9 Å². The summed E-state index contributed by atoms with van der Waals surface area (Å²) in [6, 6.07) is 9.49. The number of carbonyl (C=O) groups excluding carboxylic acids is 1. The summed E-state index contributed by atoms with van der Waals surface area (Å²) in [6.07, 6.45) is 0.243. The minimum atomic E-state index is -0.469. The maximum absolute atomic E-state index is 11.5. The lowest BCUT2D eigenvalue weighted by Crippen LogP contribution is -2.25. The first-order valence-corrected chi connectivity index (χ1v) is 6.79. The Bertz CT molecular complexity index is 588. The second-order valence-electron chi connectivity index (χ2n) is 5.55. The van der Waals surface area contributed by atoms with Crippen molar-refractivity contribution in [3.63, 3.8) is 0 Å². The van der Waals surface area contributed by atoms with Gasteiger partial charge in [0.2, 0.25) is 0 Å². The molecule has 0 radical (unpaired) electrons. The fraction of sp³-hybridized carbons (Fsp3) is 0.400. The van der Waals surface area contributed by atoms with Crippen LogP contribution in [0.25, 0.3) is 11.5 Å². The number of esters is 1. The largest absolute Gasteiger partial charge is 0.460 e. The zero-order valence-electron chi connectivity index (χ0n) is 12.4. The molecule has 0 saturated carbocycles. The second kappa shape index (κ2) is 6.39. The van der Waals surface area contributed by atoms with Crippen molar-refractivity contribution in [1.82, 2.24) is 10.1 Å². The molecule has 0 unspecified atom stereocenters. The van der Waals surface area contributed by atoms with Crippen LogP contribution in [0.1, 0.15) is 27.2 Å². The molecule has 0 spiro atoms. The van der Waals surface area contributed by atoms with Crippen molar-refractivity contribution < 1.29 is 14.1 Å². The number of benzene rings is 1. The molecule has 6 nitrogen and oxygen atoms in total. The van der Waals surface area contributed by atoms with Gasteiger partial charge in [0.25, 0.3) is 11.8 Å². The summed E-state index contributed by atoms with van der Waals surface area (Å²) in [5, 5.41) is 6.75. The van der Waals surface area contributed by atoms with Crippen LogP contribution in [0.15, 0.2) is 34.9 Å². The Hall–Kier alpha value is -2.37. The number of nitrogens with one attached hydrogen (secondary N) is 1. The minimum Gasteiger partial charge on any atom is -0.460 e. The van der Waals surface area contributed by atoms with Crippen LogP contribution in [0.4, 0.5) is 5.95 Å². The number of hydrogen-bond acceptors (Lipinski definition) is 6. The predicted molar refractivity (Wildman–Crippen MR) is 78.7 cm³/mol. The maximum atomic E-state index is 11.5. The maximum Gasteiger partial charge on any atom is 0.308 e. The highest BCUT2D eigenvalue weighted by molar-refractivity contribution is 5.70. The van der Waals surface area contributed by atoms with E-state index < -0.39 is 5.60 Å². The average Bonchev–Trinajstić information content (AvgIpc) is 2.86. The first-order chi connectivity index (χ1) is 9.94. The van der Waals surface area contributed by atoms with E-state index in [1.165, 1.54) is 0 Å². The Morgan fingerprint density at radius 1 is 1.29 bits per heavy atom. The molecular weight excluding hydrogens is 270 g/mol. The standard InChI is InChI=1S/C15H19N3O3/c1-15(2,3)20-12(19)9-10-16-14-17-13(21-18-14)11-7-5-4-6-8-11/h4-8H,9-10H2,1-3H3,(H,16,18). The number of anilines is 1. The molecule has 0 aliphatic heterocycles. The van der Waals surface area contributed by atoms with E-state index in [9.17, 15) is 4.79 Å². The Balaban J connectivity index is 1.83. The Morgan fingerprint density at radius 2 is 2.00 bits per heavy atom. The van der Waals surface area contributed by atoms with Gasteiger partial charge in [-0.2, -0.15) is 4.98 Å². The third kappa shape index (κ3) is 4.91. The monoisotopic (exact) mass is 289 g/mol. The number of hydrogen-bond donors (Lipinski definition) is 1. The van der Waals surface area contributed by atoms with Crippen molar-refractivity contribution in [2.24, 2.45) is 0 Å². The first-order valence-electron chi connectivity index (χ1n) is 6.79. The van der Waals surface area contributed by atoms with Crippen LogP contribution in [-0.4, -0.2) is 28.3 Å². The van der Waals surface area contributed by atoms with Gasteiger partial charge in [-0.3, -0.25) is 4.79 Å². The number of ether oxygens (including phenoxy) is 1. The van der Waals surface area contributed by atoms with Gasteiger partial charge in [-0.15, -0.1) is 0 Å². The van der Waals surface area contributed by atoms with Crippen LogP contribution in [0.5, 0.6) is 0 Å². The normalized spacial score (nSPS) is 11.2. The van der Waals surface area contributed by atoms with Gasteiger partial charge < -0.3 is 14.6 Å². The molecule has 0 aliphatic carbocycles. The van der Waals surface area contributed by atoms with E-state index in [0.717, 1.165) is 5.56 Å². The van der Waals surface area contributed by atoms with Crippen LogP contribution >= 0.6 is 0 Å². The molecule has 0 aliphatic rings. The highest BCUT2D eigenvalue weighted by atomic mass is 16.6. The van der Waals surface area contributed by atoms with Crippen molar-refractivity contribution in [3.8, 4) is 11.5 Å². The van der Waals surface area contributed by atoms with Crippen molar-refractivity contribution in [3.05, 3.63) is 30.3 Å². The van der Waals surface area contributed by atoms with Crippen LogP contribution in [0.2, 0.25) is 0 Å². The molecule has 0 amide bonds. The number of aromatic nitrogens is 2. The van der Waals surface area contributed by atoms with E-state index in [4.69, 9.17) is 9.26 Å². The first kappa shape index (κ1) is 15.0. The van der Waals surface area contributed by atoms with Gasteiger partial charge in [0.05, 0.1) is 6.42 Å². The molecule has 2 rings (SSSR count). The molecule has 1 heterocycles. The molecule has 2 aromatic rings. The molecule has 112 valence electrons. The summed E-state index contributed by atoms with van der Waals surface area (Å²) in [4.78, 5) is 15.8. The zero-order valence-corrected chi connectivity index (χ0v) is 12.4. The Morgan fingerprint density at radius 3 is 2.67 bits per heavy atom. The number of carbonyl (C=O) groups is 1. The van der Waals surface area contributed by atoms with Gasteiger partial charge >= 0.3 is 5.97 Å². The molecule has 1 N–H and O–H groups in total. The fourth-order valence-electron chi connectivity index (χ4n) is 1.66. The van der Waals surface area contributed by atoms with Gasteiger partial charge in [-0.05, 0) is 38.1 Å². The number of nitrogens with zero attached hydrogens (tertiary/aromatic N) is 2. The summed E-state index contributed by atoms with van der Waals surface area (Å²) in [7, 11) is 0. The molecule has 0 atom stereocenters. The highest BCUT2D eigenvalue weighted by Crippen LogP contribution is 2.17. The summed E-state index contributed by atoms with van der Waals surface area (Å²) in [6.45, 7) is 5.90. The third-order valence-corrected chi connectivity index (χ3v) is 2.48. The van der Waals surface area contributed by atoms with Crippen LogP contribution < -0.4 is 5.32 Å². The van der Waals surface area contributed by atoms with E-state index in [0.29, 0.717) is 18.4 Å². The molecule has 0 bridgehead atoms. The summed E-state index contributed by atoms with van der Waals surface area (Å²) >= 11 is 0. The van der Waals surface area contributed by atoms with Gasteiger partial charge in [-0.1, -0.05) is 18.2 Å². The smallest absolute Gasteiger partial charge is 0.308 e. The van der Waals surface area contributed by atoms with Crippen molar-refractivity contribution >= 4 is 11.9 Å². The Labute approximate surface area is 123 Å². The summed E-state index contributed by atoms with van der Waals surface area (Å²) < 4.78 is 10.4. The van der Waals surface area contributed by atoms with E-state index in [2.05, 4.69) is 15.5 Å². The van der Waals surface area contributed by atoms with Gasteiger partial charge in [0, 0.05) is 12.1 Å². The van der Waals surface area contributed by atoms with Crippen LogP contribution in [-0.2, 0) is 9.53 Å². The molecule has 1 aromatic carbocycles. The molecule has 0 fully saturated rings. The molecule has 0 saturated heterocycles. The third-order valence-electron chi connectivity index (χ3n) is 2.48. The van der Waals surface area contributed by atoms with Gasteiger partial charge in [0.1, 0.15) is 5.60 Å². The molecule has 21 heavy (non-hydrogen) atoms. The average molecular weight is 289 g/mol. The van der Waals surface area contributed by atoms with E-state index in [1.807, 2.05) is 51.1 Å². The number of rotatable bonds is 5. The van der Waals surface area contributed by atoms with Crippen molar-refractivity contribution in [1.29, 1.82) is 0 Å². The molecule has 1 aromatic heterocycles. The van der Waals surface area contributed by atoms with Gasteiger partial charge in [0.15, 0.2) is 0 Å². The highest BCUT2D eigenvalue weighted by Gasteiger charge is 2.16. The lowest BCUT2D eigenvalue weighted by Gasteiger charge is -2.19. The van der Waals surface area contributed by atoms with E-state index in [1.54, 1.807) is 0 Å². The summed E-state index contributed by atoms with van der Waals surface area (Å²) in [5.41, 5.74) is 0.383. The van der Waals surface area contributed by atoms with Crippen LogP contribution in [0.3, 0.4) is 0 Å². The van der Waals surface area contributed by atoms with E-state index in [-0.39, 0.29) is 12.4 Å². The second-order valence-corrected chi connectivity index (χ2v) is 5.55. The topological polar surface area (TPSA) is 77.2 Å². The lowest BCUT2D eigenvalue weighted by molar-refractivity contribution is -0.154. The summed E-state index contributed by atoms with van der Waals surface area (Å²) in [5.74, 6) is 0.537. The SMILES string of the molecule is CC(C)(C)OC(=O)CCNc1noc(-c2ccccc2)n1. The quantitative estimate of drug-likeness (QED) is 0.853. The fourth-order valence-corrected chi connectivity index (χ4v) is 1.66. The lowest BCUT2D eigenvalue weighted by atomic mass is 10.2. The van der Waals surface area contributed by atoms with Gasteiger partial charge in [-0.25, -0.2) is 0 Å². The zero-order chi connectivity index (χ0) is 15.3. The van der Waals surface area contributed by atoms with E-state index >= 15 is 0 Å². The molecule has 6 heteroatoms. The predicted octanol–water partition coefficient (Wildman–Crippen LogP) is 2.88. The molecular formula is C15H19N3O3. The Kier molecular flexibility index (Phi) is 4.57. The van der Waals surface area contributed by atoms with Crippen LogP contribution in [0, 0.1) is 0 Å². The van der Waals surface area contributed by atoms with Crippen molar-refractivity contribution in [2.45, 2.75) is 32.8 Å².